The van der Waals surface area contributed by atoms with Gasteiger partial charge in [-0.05, 0) is 59.7 Å². The zero-order chi connectivity index (χ0) is 27.3. The molecule has 0 unspecified atom stereocenters. The molecular weight excluding hydrogens is 508 g/mol. The number of halogens is 4. The average Bonchev–Trinajstić information content (AvgIpc) is 2.92. The van der Waals surface area contributed by atoms with Gasteiger partial charge in [0, 0.05) is 41.8 Å². The fraction of sp³-hybridized carbons (Fsp3) is 0.226. The standard InChI is InChI=1S/C31H26F4N2O2/c1-31(2,21-3-9-29-19(11-21)15-36(17-38-29)27-7-5-23(32)13-25(27)34)22-4-10-30-20(12-22)16-37(18-39-30)28-8-6-24(33)14-26(28)35/h3-14H,15-18H2,1-2H3. The quantitative estimate of drug-likeness (QED) is 0.257. The maximum Gasteiger partial charge on any atom is 0.161 e. The lowest BCUT2D eigenvalue weighted by Gasteiger charge is -2.34. The van der Waals surface area contributed by atoms with Crippen LogP contribution in [0.15, 0.2) is 72.8 Å². The lowest BCUT2D eigenvalue weighted by molar-refractivity contribution is 0.287. The van der Waals surface area contributed by atoms with E-state index in [4.69, 9.17) is 9.47 Å². The van der Waals surface area contributed by atoms with Crippen LogP contribution in [0.5, 0.6) is 11.5 Å². The number of fused-ring (bicyclic) bond motifs is 2. The third-order valence-electron chi connectivity index (χ3n) is 7.54. The number of anilines is 2. The molecule has 4 aromatic rings. The fourth-order valence-electron chi connectivity index (χ4n) is 5.21. The maximum absolute atomic E-state index is 14.4. The zero-order valence-electron chi connectivity index (χ0n) is 21.5. The van der Waals surface area contributed by atoms with Crippen LogP contribution in [0.4, 0.5) is 28.9 Å². The van der Waals surface area contributed by atoms with Gasteiger partial charge >= 0.3 is 0 Å². The van der Waals surface area contributed by atoms with Gasteiger partial charge in [-0.1, -0.05) is 26.0 Å². The molecule has 6 rings (SSSR count). The first-order chi connectivity index (χ1) is 18.7. The molecule has 0 radical (unpaired) electrons. The van der Waals surface area contributed by atoms with Gasteiger partial charge in [0.1, 0.15) is 34.8 Å². The van der Waals surface area contributed by atoms with E-state index in [0.29, 0.717) is 13.1 Å². The van der Waals surface area contributed by atoms with Crippen molar-refractivity contribution in [1.82, 2.24) is 0 Å². The SMILES string of the molecule is CC(C)(c1ccc2c(c1)CN(c1ccc(F)cc1F)CO2)c1ccc2c(c1)CN(c1ccc(F)cc1F)CO2. The molecule has 0 aromatic heterocycles. The van der Waals surface area contributed by atoms with Gasteiger partial charge in [0.25, 0.3) is 0 Å². The number of benzene rings is 4. The Bertz CT molecular complexity index is 1460. The minimum absolute atomic E-state index is 0.161. The van der Waals surface area contributed by atoms with Gasteiger partial charge in [-0.15, -0.1) is 0 Å². The first-order valence-electron chi connectivity index (χ1n) is 12.6. The predicted octanol–water partition coefficient (Wildman–Crippen LogP) is 7.28. The molecule has 0 fully saturated rings. The third-order valence-corrected chi connectivity index (χ3v) is 7.54. The smallest absolute Gasteiger partial charge is 0.161 e. The largest absolute Gasteiger partial charge is 0.473 e. The molecule has 0 spiro atoms. The summed E-state index contributed by atoms with van der Waals surface area (Å²) in [7, 11) is 0. The second-order valence-corrected chi connectivity index (χ2v) is 10.4. The van der Waals surface area contributed by atoms with Gasteiger partial charge in [-0.25, -0.2) is 17.6 Å². The summed E-state index contributed by atoms with van der Waals surface area (Å²) in [6.07, 6.45) is 0. The summed E-state index contributed by atoms with van der Waals surface area (Å²) in [5.41, 5.74) is 4.00. The molecule has 0 saturated carbocycles. The van der Waals surface area contributed by atoms with E-state index in [1.807, 2.05) is 24.3 Å². The topological polar surface area (TPSA) is 24.9 Å². The Hall–Kier alpha value is -4.20. The van der Waals surface area contributed by atoms with Crippen LogP contribution >= 0.6 is 0 Å². The summed E-state index contributed by atoms with van der Waals surface area (Å²) >= 11 is 0. The highest BCUT2D eigenvalue weighted by Gasteiger charge is 2.29. The maximum atomic E-state index is 14.4. The van der Waals surface area contributed by atoms with Crippen molar-refractivity contribution in [3.05, 3.63) is 118 Å². The molecule has 39 heavy (non-hydrogen) atoms. The number of hydrogen-bond acceptors (Lipinski definition) is 4. The van der Waals surface area contributed by atoms with E-state index >= 15 is 0 Å². The summed E-state index contributed by atoms with van der Waals surface area (Å²) < 4.78 is 67.4. The summed E-state index contributed by atoms with van der Waals surface area (Å²) in [5, 5.41) is 0. The molecular formula is C31H26F4N2O2. The zero-order valence-corrected chi connectivity index (χ0v) is 21.5. The van der Waals surface area contributed by atoms with Crippen LogP contribution in [0.2, 0.25) is 0 Å². The summed E-state index contributed by atoms with van der Waals surface area (Å²) in [5.74, 6) is -1.07. The van der Waals surface area contributed by atoms with E-state index in [-0.39, 0.29) is 24.8 Å². The van der Waals surface area contributed by atoms with Crippen molar-refractivity contribution < 1.29 is 27.0 Å². The van der Waals surface area contributed by atoms with Crippen LogP contribution < -0.4 is 19.3 Å². The van der Waals surface area contributed by atoms with Gasteiger partial charge in [0.2, 0.25) is 0 Å². The molecule has 2 aliphatic rings. The van der Waals surface area contributed by atoms with Crippen LogP contribution in [0, 0.1) is 23.3 Å². The van der Waals surface area contributed by atoms with Crippen molar-refractivity contribution in [2.24, 2.45) is 0 Å². The molecule has 2 aliphatic heterocycles. The molecule has 0 saturated heterocycles. The summed E-state index contributed by atoms with van der Waals surface area (Å²) in [6, 6.07) is 19.0. The average molecular weight is 535 g/mol. The van der Waals surface area contributed by atoms with Gasteiger partial charge in [-0.2, -0.15) is 0 Å². The van der Waals surface area contributed by atoms with Crippen molar-refractivity contribution in [1.29, 1.82) is 0 Å². The Kier molecular flexibility index (Phi) is 6.13. The lowest BCUT2D eigenvalue weighted by atomic mass is 9.77. The van der Waals surface area contributed by atoms with Crippen LogP contribution in [-0.4, -0.2) is 13.5 Å². The van der Waals surface area contributed by atoms with E-state index in [9.17, 15) is 17.6 Å². The van der Waals surface area contributed by atoms with E-state index < -0.39 is 28.7 Å². The first kappa shape index (κ1) is 25.1. The summed E-state index contributed by atoms with van der Waals surface area (Å²) in [6.45, 7) is 5.37. The monoisotopic (exact) mass is 534 g/mol. The van der Waals surface area contributed by atoms with Crippen molar-refractivity contribution >= 4 is 11.4 Å². The molecule has 0 N–H and O–H groups in total. The second-order valence-electron chi connectivity index (χ2n) is 10.4. The van der Waals surface area contributed by atoms with Crippen molar-refractivity contribution in [3.8, 4) is 11.5 Å². The number of nitrogens with zero attached hydrogens (tertiary/aromatic N) is 2. The Morgan fingerprint density at radius 1 is 0.590 bits per heavy atom. The van der Waals surface area contributed by atoms with E-state index in [1.54, 1.807) is 9.80 Å². The van der Waals surface area contributed by atoms with Crippen molar-refractivity contribution in [2.45, 2.75) is 32.4 Å². The highest BCUT2D eigenvalue weighted by Crippen LogP contribution is 2.39. The third kappa shape index (κ3) is 4.64. The Labute approximate surface area is 224 Å². The number of rotatable bonds is 4. The number of ether oxygens (including phenoxy) is 2. The van der Waals surface area contributed by atoms with Crippen molar-refractivity contribution in [2.75, 3.05) is 23.3 Å². The summed E-state index contributed by atoms with van der Waals surface area (Å²) in [4.78, 5) is 3.46. The lowest BCUT2D eigenvalue weighted by Crippen LogP contribution is -2.33. The highest BCUT2D eigenvalue weighted by molar-refractivity contribution is 5.55. The molecule has 8 heteroatoms. The molecule has 0 aliphatic carbocycles. The predicted molar refractivity (Wildman–Crippen MR) is 141 cm³/mol. The first-order valence-corrected chi connectivity index (χ1v) is 12.6. The Balaban J connectivity index is 1.27. The molecule has 0 amide bonds. The van der Waals surface area contributed by atoms with E-state index in [1.165, 1.54) is 24.3 Å². The normalized spacial score (nSPS) is 14.8. The van der Waals surface area contributed by atoms with E-state index in [2.05, 4.69) is 26.0 Å². The number of hydrogen-bond donors (Lipinski definition) is 0. The van der Waals surface area contributed by atoms with Crippen LogP contribution in [0.25, 0.3) is 0 Å². The van der Waals surface area contributed by atoms with E-state index in [0.717, 1.165) is 45.9 Å². The molecule has 0 bridgehead atoms. The molecule has 4 aromatic carbocycles. The van der Waals surface area contributed by atoms with Gasteiger partial charge in [0.05, 0.1) is 11.4 Å². The van der Waals surface area contributed by atoms with Crippen LogP contribution in [0.3, 0.4) is 0 Å². The molecule has 0 atom stereocenters. The molecule has 2 heterocycles. The van der Waals surface area contributed by atoms with Gasteiger partial charge < -0.3 is 19.3 Å². The fourth-order valence-corrected chi connectivity index (χ4v) is 5.21. The second kappa shape index (κ2) is 9.52. The minimum Gasteiger partial charge on any atom is -0.473 e. The van der Waals surface area contributed by atoms with Gasteiger partial charge in [0.15, 0.2) is 13.5 Å². The van der Waals surface area contributed by atoms with Gasteiger partial charge in [-0.3, -0.25) is 0 Å². The molecule has 200 valence electrons. The molecule has 4 nitrogen and oxygen atoms in total. The van der Waals surface area contributed by atoms with Crippen LogP contribution in [0.1, 0.15) is 36.1 Å². The van der Waals surface area contributed by atoms with Crippen LogP contribution in [-0.2, 0) is 18.5 Å². The Morgan fingerprint density at radius 2 is 1.03 bits per heavy atom. The Morgan fingerprint density at radius 3 is 1.44 bits per heavy atom. The highest BCUT2D eigenvalue weighted by atomic mass is 19.1. The minimum atomic E-state index is -0.635. The van der Waals surface area contributed by atoms with Crippen molar-refractivity contribution in [3.63, 3.8) is 0 Å².